The maximum absolute atomic E-state index is 8.93. The van der Waals surface area contributed by atoms with Gasteiger partial charge in [-0.15, -0.1) is 0 Å². The summed E-state index contributed by atoms with van der Waals surface area (Å²) in [4.78, 5) is 0. The largest absolute Gasteiger partial charge is 0.489 e. The SMILES string of the molecule is CCCCCCC(C)Oc1cc[c]cc1C#N. The molecule has 17 heavy (non-hydrogen) atoms. The normalized spacial score (nSPS) is 11.8. The fourth-order valence-electron chi connectivity index (χ4n) is 1.74. The topological polar surface area (TPSA) is 33.0 Å². The zero-order chi connectivity index (χ0) is 12.5. The van der Waals surface area contributed by atoms with Gasteiger partial charge in [-0.1, -0.05) is 32.3 Å². The molecule has 0 spiro atoms. The highest BCUT2D eigenvalue weighted by atomic mass is 16.5. The minimum Gasteiger partial charge on any atom is -0.489 e. The molecule has 0 saturated heterocycles. The van der Waals surface area contributed by atoms with Crippen molar-refractivity contribution in [1.29, 1.82) is 5.26 Å². The van der Waals surface area contributed by atoms with Gasteiger partial charge in [0.15, 0.2) is 0 Å². The van der Waals surface area contributed by atoms with Gasteiger partial charge in [0.2, 0.25) is 0 Å². The number of ether oxygens (including phenoxy) is 1. The second-order valence-electron chi connectivity index (χ2n) is 4.31. The molecule has 0 aliphatic rings. The molecule has 1 atom stereocenters. The molecule has 0 fully saturated rings. The number of unbranched alkanes of at least 4 members (excludes halogenated alkanes) is 3. The van der Waals surface area contributed by atoms with Crippen molar-refractivity contribution < 1.29 is 4.74 Å². The third-order valence-corrected chi connectivity index (χ3v) is 2.74. The van der Waals surface area contributed by atoms with E-state index in [1.807, 2.05) is 0 Å². The Kier molecular flexibility index (Phi) is 6.17. The molecular formula is C15H20NO. The van der Waals surface area contributed by atoms with Crippen LogP contribution in [-0.4, -0.2) is 6.10 Å². The lowest BCUT2D eigenvalue weighted by atomic mass is 10.1. The van der Waals surface area contributed by atoms with Crippen molar-refractivity contribution in [2.45, 2.75) is 52.1 Å². The average Bonchev–Trinajstić information content (AvgIpc) is 2.35. The first kappa shape index (κ1) is 13.6. The van der Waals surface area contributed by atoms with Crippen LogP contribution < -0.4 is 4.74 Å². The Morgan fingerprint density at radius 3 is 2.94 bits per heavy atom. The van der Waals surface area contributed by atoms with Gasteiger partial charge >= 0.3 is 0 Å². The van der Waals surface area contributed by atoms with Crippen molar-refractivity contribution in [3.05, 3.63) is 29.8 Å². The summed E-state index contributed by atoms with van der Waals surface area (Å²) >= 11 is 0. The first-order valence-corrected chi connectivity index (χ1v) is 6.34. The Morgan fingerprint density at radius 1 is 1.41 bits per heavy atom. The Bertz CT molecular complexity index is 367. The molecule has 91 valence electrons. The van der Waals surface area contributed by atoms with Crippen molar-refractivity contribution in [1.82, 2.24) is 0 Å². The van der Waals surface area contributed by atoms with E-state index in [2.05, 4.69) is 26.0 Å². The predicted octanol–water partition coefficient (Wildman–Crippen LogP) is 4.10. The van der Waals surface area contributed by atoms with Crippen LogP contribution in [0.3, 0.4) is 0 Å². The van der Waals surface area contributed by atoms with E-state index in [1.54, 1.807) is 18.2 Å². The quantitative estimate of drug-likeness (QED) is 0.661. The van der Waals surface area contributed by atoms with Crippen LogP contribution >= 0.6 is 0 Å². The van der Waals surface area contributed by atoms with E-state index in [0.29, 0.717) is 11.3 Å². The summed E-state index contributed by atoms with van der Waals surface area (Å²) in [5.74, 6) is 0.675. The maximum atomic E-state index is 8.93. The predicted molar refractivity (Wildman–Crippen MR) is 68.8 cm³/mol. The minimum atomic E-state index is 0.168. The van der Waals surface area contributed by atoms with Gasteiger partial charge in [0.1, 0.15) is 11.8 Å². The van der Waals surface area contributed by atoms with E-state index >= 15 is 0 Å². The molecule has 1 aromatic rings. The average molecular weight is 230 g/mol. The highest BCUT2D eigenvalue weighted by Crippen LogP contribution is 2.19. The third-order valence-electron chi connectivity index (χ3n) is 2.74. The minimum absolute atomic E-state index is 0.168. The second kappa shape index (κ2) is 7.73. The summed E-state index contributed by atoms with van der Waals surface area (Å²) < 4.78 is 5.77. The van der Waals surface area contributed by atoms with Gasteiger partial charge < -0.3 is 4.74 Å². The second-order valence-corrected chi connectivity index (χ2v) is 4.31. The van der Waals surface area contributed by atoms with Crippen LogP contribution in [0.1, 0.15) is 51.5 Å². The number of benzene rings is 1. The van der Waals surface area contributed by atoms with E-state index in [9.17, 15) is 0 Å². The van der Waals surface area contributed by atoms with E-state index < -0.39 is 0 Å². The Balaban J connectivity index is 2.40. The number of rotatable bonds is 7. The van der Waals surface area contributed by atoms with E-state index in [1.165, 1.54) is 25.7 Å². The first-order chi connectivity index (χ1) is 8.27. The number of hydrogen-bond donors (Lipinski definition) is 0. The highest BCUT2D eigenvalue weighted by molar-refractivity contribution is 5.42. The van der Waals surface area contributed by atoms with E-state index in [0.717, 1.165) is 6.42 Å². The molecule has 0 aliphatic carbocycles. The van der Waals surface area contributed by atoms with E-state index in [4.69, 9.17) is 10.00 Å². The Morgan fingerprint density at radius 2 is 2.24 bits per heavy atom. The summed E-state index contributed by atoms with van der Waals surface area (Å²) in [5.41, 5.74) is 0.563. The summed E-state index contributed by atoms with van der Waals surface area (Å²) in [6, 6.07) is 10.3. The number of nitriles is 1. The lowest BCUT2D eigenvalue weighted by Gasteiger charge is -2.15. The molecule has 0 bridgehead atoms. The molecule has 2 nitrogen and oxygen atoms in total. The Hall–Kier alpha value is -1.49. The lowest BCUT2D eigenvalue weighted by Crippen LogP contribution is -2.12. The van der Waals surface area contributed by atoms with Gasteiger partial charge in [0, 0.05) is 0 Å². The van der Waals surface area contributed by atoms with Gasteiger partial charge in [-0.25, -0.2) is 0 Å². The van der Waals surface area contributed by atoms with Crippen LogP contribution in [0.4, 0.5) is 0 Å². The maximum Gasteiger partial charge on any atom is 0.137 e. The molecule has 1 rings (SSSR count). The van der Waals surface area contributed by atoms with Crippen LogP contribution in [0, 0.1) is 17.4 Å². The van der Waals surface area contributed by atoms with Crippen molar-refractivity contribution >= 4 is 0 Å². The summed E-state index contributed by atoms with van der Waals surface area (Å²) in [5, 5.41) is 8.93. The lowest BCUT2D eigenvalue weighted by molar-refractivity contribution is 0.206. The summed E-state index contributed by atoms with van der Waals surface area (Å²) in [7, 11) is 0. The zero-order valence-electron chi connectivity index (χ0n) is 10.7. The third kappa shape index (κ3) is 4.91. The highest BCUT2D eigenvalue weighted by Gasteiger charge is 2.07. The monoisotopic (exact) mass is 230 g/mol. The summed E-state index contributed by atoms with van der Waals surface area (Å²) in [6.45, 7) is 4.27. The van der Waals surface area contributed by atoms with Crippen LogP contribution in [0.5, 0.6) is 5.75 Å². The van der Waals surface area contributed by atoms with Gasteiger partial charge in [0.05, 0.1) is 11.7 Å². The standard InChI is InChI=1S/C15H20NO/c1-3-4-5-6-9-13(2)17-15-11-8-7-10-14(15)12-16/h8,10-11,13H,3-6,9H2,1-2H3. The van der Waals surface area contributed by atoms with Crippen LogP contribution in [0.2, 0.25) is 0 Å². The molecule has 2 heteroatoms. The fraction of sp³-hybridized carbons (Fsp3) is 0.533. The number of hydrogen-bond acceptors (Lipinski definition) is 2. The van der Waals surface area contributed by atoms with Crippen LogP contribution in [0.15, 0.2) is 18.2 Å². The molecule has 0 aliphatic heterocycles. The molecule has 1 radical (unpaired) electrons. The molecule has 0 saturated carbocycles. The molecule has 1 unspecified atom stereocenters. The van der Waals surface area contributed by atoms with Crippen molar-refractivity contribution in [3.8, 4) is 11.8 Å². The first-order valence-electron chi connectivity index (χ1n) is 6.34. The van der Waals surface area contributed by atoms with E-state index in [-0.39, 0.29) is 6.10 Å². The fourth-order valence-corrected chi connectivity index (χ4v) is 1.74. The molecule has 1 aromatic carbocycles. The molecule has 0 aromatic heterocycles. The van der Waals surface area contributed by atoms with Crippen molar-refractivity contribution in [3.63, 3.8) is 0 Å². The Labute approximate surface area is 104 Å². The molecule has 0 heterocycles. The summed E-state index contributed by atoms with van der Waals surface area (Å²) in [6.07, 6.45) is 6.21. The van der Waals surface area contributed by atoms with Gasteiger partial charge in [-0.3, -0.25) is 0 Å². The van der Waals surface area contributed by atoms with Crippen LogP contribution in [0.25, 0.3) is 0 Å². The van der Waals surface area contributed by atoms with Crippen LogP contribution in [-0.2, 0) is 0 Å². The molecule has 0 amide bonds. The van der Waals surface area contributed by atoms with Crippen molar-refractivity contribution in [2.75, 3.05) is 0 Å². The smallest absolute Gasteiger partial charge is 0.137 e. The van der Waals surface area contributed by atoms with Gasteiger partial charge in [-0.05, 0) is 38.0 Å². The van der Waals surface area contributed by atoms with Gasteiger partial charge in [0.25, 0.3) is 0 Å². The molecular weight excluding hydrogens is 210 g/mol. The molecule has 0 N–H and O–H groups in total. The van der Waals surface area contributed by atoms with Crippen molar-refractivity contribution in [2.24, 2.45) is 0 Å². The number of nitrogens with zero attached hydrogens (tertiary/aromatic N) is 1. The zero-order valence-corrected chi connectivity index (χ0v) is 10.7. The van der Waals surface area contributed by atoms with Gasteiger partial charge in [-0.2, -0.15) is 5.26 Å².